The SMILES string of the molecule is Cc1nc2ccc(C(=O)N[C@H](CCC(=O)O)COc3cc(C(=N)N)ccc3CC(=O)C(=O)O)cc2[nH]1.O=C(O)C(F)(F)F.O=C(O)C(F)(F)F. The van der Waals surface area contributed by atoms with Gasteiger partial charge in [-0.3, -0.25) is 19.8 Å². The largest absolute Gasteiger partial charge is 0.491 e. The molecule has 9 N–H and O–H groups in total. The van der Waals surface area contributed by atoms with Crippen LogP contribution in [0.3, 0.4) is 0 Å². The number of ether oxygens (including phenoxy) is 1. The molecule has 3 rings (SSSR count). The van der Waals surface area contributed by atoms with Crippen molar-refractivity contribution in [1.29, 1.82) is 5.41 Å². The number of hydrogen-bond donors (Lipinski definition) is 8. The smallest absolute Gasteiger partial charge is 0.490 e. The first-order valence-corrected chi connectivity index (χ1v) is 13.4. The molecule has 3 aromatic rings. The van der Waals surface area contributed by atoms with Crippen LogP contribution in [0.5, 0.6) is 5.75 Å². The molecule has 1 aromatic heterocycles. The first kappa shape index (κ1) is 41.8. The highest BCUT2D eigenvalue weighted by Crippen LogP contribution is 2.23. The molecule has 16 nitrogen and oxygen atoms in total. The number of alkyl halides is 6. The monoisotopic (exact) mass is 723 g/mol. The number of imidazole rings is 1. The highest BCUT2D eigenvalue weighted by Gasteiger charge is 2.38. The molecule has 50 heavy (non-hydrogen) atoms. The molecule has 1 atom stereocenters. The summed E-state index contributed by atoms with van der Waals surface area (Å²) in [7, 11) is 0. The van der Waals surface area contributed by atoms with E-state index in [0.717, 1.165) is 0 Å². The summed E-state index contributed by atoms with van der Waals surface area (Å²) in [5.41, 5.74) is 7.76. The predicted octanol–water partition coefficient (Wildman–Crippen LogP) is 2.66. The van der Waals surface area contributed by atoms with Gasteiger partial charge in [0.15, 0.2) is 0 Å². The van der Waals surface area contributed by atoms with Gasteiger partial charge < -0.3 is 41.2 Å². The van der Waals surface area contributed by atoms with Crippen LogP contribution in [0.15, 0.2) is 36.4 Å². The second-order valence-corrected chi connectivity index (χ2v) is 9.72. The van der Waals surface area contributed by atoms with E-state index in [1.165, 1.54) is 18.2 Å². The zero-order valence-electron chi connectivity index (χ0n) is 25.3. The van der Waals surface area contributed by atoms with E-state index in [2.05, 4.69) is 15.3 Å². The lowest BCUT2D eigenvalue weighted by atomic mass is 10.0. The van der Waals surface area contributed by atoms with Crippen LogP contribution in [0.25, 0.3) is 11.0 Å². The fourth-order valence-electron chi connectivity index (χ4n) is 3.48. The van der Waals surface area contributed by atoms with Gasteiger partial charge in [-0.15, -0.1) is 0 Å². The van der Waals surface area contributed by atoms with Gasteiger partial charge >= 0.3 is 36.2 Å². The molecule has 1 amide bonds. The first-order valence-electron chi connectivity index (χ1n) is 13.4. The van der Waals surface area contributed by atoms with Gasteiger partial charge in [0, 0.05) is 29.5 Å². The molecule has 0 saturated carbocycles. The molecule has 0 radical (unpaired) electrons. The van der Waals surface area contributed by atoms with Crippen LogP contribution in [-0.4, -0.2) is 96.8 Å². The van der Waals surface area contributed by atoms with Crippen molar-refractivity contribution in [3.05, 3.63) is 58.9 Å². The molecule has 0 aliphatic carbocycles. The number of benzene rings is 2. The number of carboxylic acids is 4. The number of carbonyl (C=O) groups is 6. The number of rotatable bonds is 12. The van der Waals surface area contributed by atoms with E-state index < -0.39 is 60.4 Å². The van der Waals surface area contributed by atoms with Crippen molar-refractivity contribution in [2.24, 2.45) is 5.73 Å². The molecule has 0 bridgehead atoms. The van der Waals surface area contributed by atoms with Crippen molar-refractivity contribution < 1.29 is 80.3 Å². The zero-order valence-corrected chi connectivity index (χ0v) is 25.3. The van der Waals surface area contributed by atoms with Gasteiger partial charge in [-0.1, -0.05) is 12.1 Å². The second-order valence-electron chi connectivity index (χ2n) is 9.72. The van der Waals surface area contributed by atoms with E-state index in [4.69, 9.17) is 45.9 Å². The number of aryl methyl sites for hydroxylation is 1. The molecule has 1 heterocycles. The van der Waals surface area contributed by atoms with Crippen LogP contribution < -0.4 is 15.8 Å². The fraction of sp³-hybridized carbons (Fsp3) is 0.286. The van der Waals surface area contributed by atoms with E-state index in [1.807, 2.05) is 0 Å². The summed E-state index contributed by atoms with van der Waals surface area (Å²) in [6.45, 7) is 1.61. The number of nitrogens with zero attached hydrogens (tertiary/aromatic N) is 1. The standard InChI is InChI=1S/C24H25N5O7.2C2HF3O2/c1-12-27-17-6-4-15(8-18(17)28-12)23(33)29-16(5-7-21(31)32)11-36-20-10-14(22(25)26)3-2-13(20)9-19(30)24(34)35;2*3-2(4,5)1(6)7/h2-4,6,8,10,16H,5,7,9,11H2,1H3,(H3,25,26)(H,27,28)(H,29,33)(H,31,32)(H,34,35);2*(H,6,7)/t16-;;/m1../s1. The van der Waals surface area contributed by atoms with Crippen molar-refractivity contribution in [3.8, 4) is 5.75 Å². The van der Waals surface area contributed by atoms with Crippen molar-refractivity contribution >= 4 is 52.4 Å². The Bertz CT molecular complexity index is 1730. The predicted molar refractivity (Wildman–Crippen MR) is 156 cm³/mol. The van der Waals surface area contributed by atoms with E-state index in [1.54, 1.807) is 25.1 Å². The van der Waals surface area contributed by atoms with Gasteiger partial charge in [-0.2, -0.15) is 26.3 Å². The summed E-state index contributed by atoms with van der Waals surface area (Å²) in [6.07, 6.45) is -10.8. The Balaban J connectivity index is 0.000000748. The number of hydrogen-bond acceptors (Lipinski definition) is 9. The molecule has 0 spiro atoms. The van der Waals surface area contributed by atoms with E-state index in [9.17, 15) is 45.5 Å². The normalized spacial score (nSPS) is 11.5. The van der Waals surface area contributed by atoms with Crippen LogP contribution in [0.1, 0.15) is 40.2 Å². The lowest BCUT2D eigenvalue weighted by Crippen LogP contribution is -2.39. The molecule has 0 aliphatic rings. The Morgan fingerprint density at radius 1 is 0.920 bits per heavy atom. The maximum atomic E-state index is 12.9. The number of amides is 1. The van der Waals surface area contributed by atoms with Crippen molar-refractivity contribution in [2.75, 3.05) is 6.61 Å². The molecule has 0 unspecified atom stereocenters. The number of carboxylic acid groups (broad SMARTS) is 4. The number of aromatic amines is 1. The summed E-state index contributed by atoms with van der Waals surface area (Å²) >= 11 is 0. The van der Waals surface area contributed by atoms with Gasteiger partial charge in [-0.05, 0) is 37.6 Å². The minimum absolute atomic E-state index is 0.0439. The molecule has 2 aromatic carbocycles. The van der Waals surface area contributed by atoms with Crippen molar-refractivity contribution in [2.45, 2.75) is 44.6 Å². The van der Waals surface area contributed by atoms with Gasteiger partial charge in [0.2, 0.25) is 5.78 Å². The summed E-state index contributed by atoms with van der Waals surface area (Å²) in [5.74, 6) is -9.17. The van der Waals surface area contributed by atoms with Crippen LogP contribution in [0, 0.1) is 12.3 Å². The Labute approximate surface area is 275 Å². The van der Waals surface area contributed by atoms with Gasteiger partial charge in [-0.25, -0.2) is 19.4 Å². The number of H-pyrrole nitrogens is 1. The van der Waals surface area contributed by atoms with Gasteiger partial charge in [0.25, 0.3) is 5.91 Å². The van der Waals surface area contributed by atoms with Crippen LogP contribution in [-0.2, 0) is 30.4 Å². The molecular formula is C28H27F6N5O11. The fourth-order valence-corrected chi connectivity index (χ4v) is 3.48. The third kappa shape index (κ3) is 14.3. The quantitative estimate of drug-likeness (QED) is 0.0578. The molecule has 0 fully saturated rings. The van der Waals surface area contributed by atoms with Crippen molar-refractivity contribution in [1.82, 2.24) is 15.3 Å². The summed E-state index contributed by atoms with van der Waals surface area (Å²) in [6, 6.07) is 8.45. The highest BCUT2D eigenvalue weighted by atomic mass is 19.4. The average molecular weight is 724 g/mol. The Morgan fingerprint density at radius 3 is 1.94 bits per heavy atom. The van der Waals surface area contributed by atoms with E-state index in [-0.39, 0.29) is 42.2 Å². The number of fused-ring (bicyclic) bond motifs is 1. The lowest BCUT2D eigenvalue weighted by Gasteiger charge is -2.20. The number of Topliss-reactive ketones (excluding diaryl/α,β-unsaturated/α-hetero) is 1. The van der Waals surface area contributed by atoms with Crippen LogP contribution >= 0.6 is 0 Å². The summed E-state index contributed by atoms with van der Waals surface area (Å²) < 4.78 is 69.3. The summed E-state index contributed by atoms with van der Waals surface area (Å²) in [4.78, 5) is 71.9. The number of nitrogens with one attached hydrogen (secondary N) is 3. The number of aromatic nitrogens is 2. The molecule has 0 saturated heterocycles. The number of amidine groups is 1. The van der Waals surface area contributed by atoms with E-state index in [0.29, 0.717) is 22.4 Å². The average Bonchev–Trinajstić information content (AvgIpc) is 3.37. The van der Waals surface area contributed by atoms with Crippen LogP contribution in [0.2, 0.25) is 0 Å². The van der Waals surface area contributed by atoms with E-state index >= 15 is 0 Å². The molecule has 272 valence electrons. The number of carbonyl (C=O) groups excluding carboxylic acids is 2. The first-order chi connectivity index (χ1) is 22.9. The molecule has 22 heteroatoms. The Hall–Kier alpha value is -6.22. The summed E-state index contributed by atoms with van der Waals surface area (Å²) in [5, 5.41) is 42.7. The number of aliphatic carboxylic acids is 4. The topological polar surface area (TPSA) is 283 Å². The number of nitrogen functional groups attached to an aromatic ring is 1. The molecular weight excluding hydrogens is 696 g/mol. The van der Waals surface area contributed by atoms with Gasteiger partial charge in [0.1, 0.15) is 24.0 Å². The van der Waals surface area contributed by atoms with Gasteiger partial charge in [0.05, 0.1) is 17.1 Å². The zero-order chi connectivity index (χ0) is 38.6. The maximum absolute atomic E-state index is 12.9. The third-order valence-corrected chi connectivity index (χ3v) is 5.80. The minimum atomic E-state index is -5.08. The van der Waals surface area contributed by atoms with Crippen LogP contribution in [0.4, 0.5) is 26.3 Å². The number of nitrogens with two attached hydrogens (primary N) is 1. The Morgan fingerprint density at radius 2 is 1.46 bits per heavy atom. The molecule has 0 aliphatic heterocycles. The number of ketones is 1. The van der Waals surface area contributed by atoms with Crippen molar-refractivity contribution in [3.63, 3.8) is 0 Å². The lowest BCUT2D eigenvalue weighted by molar-refractivity contribution is -0.193. The third-order valence-electron chi connectivity index (χ3n) is 5.80. The minimum Gasteiger partial charge on any atom is -0.491 e. The highest BCUT2D eigenvalue weighted by molar-refractivity contribution is 6.33. The maximum Gasteiger partial charge on any atom is 0.490 e. The second kappa shape index (κ2) is 17.8. The number of halogens is 6. The Kier molecular flexibility index (Phi) is 14.9.